The van der Waals surface area contributed by atoms with Gasteiger partial charge in [-0.05, 0) is 57.8 Å². The van der Waals surface area contributed by atoms with E-state index in [4.69, 9.17) is 14.2 Å². The van der Waals surface area contributed by atoms with Crippen LogP contribution in [0.1, 0.15) is 406 Å². The minimum atomic E-state index is -0.778. The third-order valence-electron chi connectivity index (χ3n) is 16.8. The summed E-state index contributed by atoms with van der Waals surface area (Å²) in [6, 6.07) is 0. The van der Waals surface area contributed by atoms with Crippen molar-refractivity contribution in [3.05, 3.63) is 48.6 Å². The van der Waals surface area contributed by atoms with E-state index >= 15 is 0 Å². The largest absolute Gasteiger partial charge is 0.462 e. The highest BCUT2D eigenvalue weighted by Gasteiger charge is 2.20. The van der Waals surface area contributed by atoms with Crippen LogP contribution in [0.2, 0.25) is 0 Å². The van der Waals surface area contributed by atoms with Gasteiger partial charge in [0.15, 0.2) is 6.10 Å². The van der Waals surface area contributed by atoms with E-state index in [9.17, 15) is 14.4 Å². The van der Waals surface area contributed by atoms with Gasteiger partial charge in [0.2, 0.25) is 0 Å². The van der Waals surface area contributed by atoms with Crippen molar-refractivity contribution in [2.45, 2.75) is 412 Å². The molecule has 0 aromatic carbocycles. The summed E-state index contributed by atoms with van der Waals surface area (Å²) in [7, 11) is 0. The maximum Gasteiger partial charge on any atom is 0.306 e. The zero-order valence-electron chi connectivity index (χ0n) is 56.0. The third-order valence-corrected chi connectivity index (χ3v) is 16.8. The van der Waals surface area contributed by atoms with Crippen LogP contribution in [0, 0.1) is 0 Å². The lowest BCUT2D eigenvalue weighted by atomic mass is 10.0. The highest BCUT2D eigenvalue weighted by atomic mass is 16.6. The molecular formula is C77H142O6. The van der Waals surface area contributed by atoms with Crippen molar-refractivity contribution in [3.63, 3.8) is 0 Å². The van der Waals surface area contributed by atoms with Gasteiger partial charge in [0, 0.05) is 19.3 Å². The van der Waals surface area contributed by atoms with Crippen molar-refractivity contribution in [2.24, 2.45) is 0 Å². The highest BCUT2D eigenvalue weighted by Crippen LogP contribution is 2.19. The van der Waals surface area contributed by atoms with E-state index in [1.54, 1.807) is 0 Å². The van der Waals surface area contributed by atoms with Gasteiger partial charge in [-0.15, -0.1) is 0 Å². The molecule has 83 heavy (non-hydrogen) atoms. The number of carbonyl (C=O) groups excluding carboxylic acids is 3. The van der Waals surface area contributed by atoms with Gasteiger partial charge in [-0.1, -0.05) is 378 Å². The molecule has 0 spiro atoms. The Morgan fingerprint density at radius 3 is 0.735 bits per heavy atom. The molecule has 6 nitrogen and oxygen atoms in total. The van der Waals surface area contributed by atoms with Gasteiger partial charge in [0.05, 0.1) is 0 Å². The highest BCUT2D eigenvalue weighted by molar-refractivity contribution is 5.71. The second-order valence-corrected chi connectivity index (χ2v) is 25.2. The van der Waals surface area contributed by atoms with Crippen molar-refractivity contribution >= 4 is 17.9 Å². The van der Waals surface area contributed by atoms with E-state index in [1.165, 1.54) is 276 Å². The normalized spacial score (nSPS) is 12.3. The number of hydrogen-bond donors (Lipinski definition) is 0. The zero-order valence-corrected chi connectivity index (χ0v) is 56.0. The first-order valence-electron chi connectivity index (χ1n) is 37.1. The molecule has 0 fully saturated rings. The molecule has 0 radical (unpaired) electrons. The van der Waals surface area contributed by atoms with Crippen LogP contribution in [-0.2, 0) is 28.6 Å². The first-order valence-corrected chi connectivity index (χ1v) is 37.1. The fraction of sp³-hybridized carbons (Fsp3) is 0.857. The predicted octanol–water partition coefficient (Wildman–Crippen LogP) is 25.7. The van der Waals surface area contributed by atoms with Crippen LogP contribution in [0.4, 0.5) is 0 Å². The van der Waals surface area contributed by atoms with Gasteiger partial charge >= 0.3 is 17.9 Å². The monoisotopic (exact) mass is 1160 g/mol. The van der Waals surface area contributed by atoms with Gasteiger partial charge in [-0.2, -0.15) is 0 Å². The van der Waals surface area contributed by atoms with Gasteiger partial charge in [0.25, 0.3) is 0 Å². The SMILES string of the molecule is CC/C=C\C/C=C\C/C=C\C/C=C\CCCCCCCCC(=O)OCC(COC(=O)CCCCCCCCCCCCCCCCCCCCCCCCCCCC)OC(=O)CCCCCCCCCCCCCCCCCCCCCC. The van der Waals surface area contributed by atoms with Crippen molar-refractivity contribution in [3.8, 4) is 0 Å². The zero-order chi connectivity index (χ0) is 59.9. The topological polar surface area (TPSA) is 78.9 Å². The van der Waals surface area contributed by atoms with Crippen molar-refractivity contribution in [1.29, 1.82) is 0 Å². The molecule has 1 unspecified atom stereocenters. The Morgan fingerprint density at radius 1 is 0.253 bits per heavy atom. The van der Waals surface area contributed by atoms with Crippen molar-refractivity contribution < 1.29 is 28.6 Å². The molecule has 0 saturated carbocycles. The van der Waals surface area contributed by atoms with Crippen LogP contribution >= 0.6 is 0 Å². The standard InChI is InChI=1S/C77H142O6/c1-4-7-10-13-16-19-22-25-28-31-34-36-37-38-39-40-41-44-46-49-52-55-58-61-64-67-70-76(79)82-73-74(72-81-75(78)69-66-63-60-57-54-51-48-45-42-33-30-27-24-21-18-15-12-9-6-3)83-77(80)71-68-65-62-59-56-53-50-47-43-35-32-29-26-23-20-17-14-11-8-5-2/h9,12,18,21,27,30,42,45,74H,4-8,10-11,13-17,19-20,22-26,28-29,31-41,43-44,46-73H2,1-3H3/b12-9-,21-18-,30-27-,45-42-. The van der Waals surface area contributed by atoms with E-state index in [1.807, 2.05) is 0 Å². The van der Waals surface area contributed by atoms with Gasteiger partial charge in [-0.25, -0.2) is 0 Å². The number of esters is 3. The average Bonchev–Trinajstić information content (AvgIpc) is 3.49. The van der Waals surface area contributed by atoms with Crippen LogP contribution in [0.25, 0.3) is 0 Å². The quantitative estimate of drug-likeness (QED) is 0.0261. The molecule has 1 atom stereocenters. The Balaban J connectivity index is 4.29. The molecule has 0 bridgehead atoms. The number of rotatable bonds is 69. The summed E-state index contributed by atoms with van der Waals surface area (Å²) in [5.41, 5.74) is 0. The molecular weight excluding hydrogens is 1020 g/mol. The van der Waals surface area contributed by atoms with Gasteiger partial charge in [0.1, 0.15) is 13.2 Å². The predicted molar refractivity (Wildman–Crippen MR) is 362 cm³/mol. The lowest BCUT2D eigenvalue weighted by Gasteiger charge is -2.18. The molecule has 0 aliphatic rings. The summed E-state index contributed by atoms with van der Waals surface area (Å²) < 4.78 is 17.0. The Hall–Kier alpha value is -2.63. The van der Waals surface area contributed by atoms with Crippen molar-refractivity contribution in [1.82, 2.24) is 0 Å². The molecule has 6 heteroatoms. The van der Waals surface area contributed by atoms with Crippen LogP contribution in [-0.4, -0.2) is 37.2 Å². The molecule has 0 rings (SSSR count). The molecule has 486 valence electrons. The second-order valence-electron chi connectivity index (χ2n) is 25.2. The van der Waals surface area contributed by atoms with E-state index < -0.39 is 6.10 Å². The molecule has 0 N–H and O–H groups in total. The molecule has 0 aliphatic heterocycles. The molecule has 0 saturated heterocycles. The lowest BCUT2D eigenvalue weighted by Crippen LogP contribution is -2.30. The Labute approximate surface area is 518 Å². The van der Waals surface area contributed by atoms with Crippen LogP contribution in [0.5, 0.6) is 0 Å². The molecule has 0 aliphatic carbocycles. The molecule has 0 heterocycles. The fourth-order valence-corrected chi connectivity index (χ4v) is 11.3. The summed E-state index contributed by atoms with van der Waals surface area (Å²) in [6.45, 7) is 6.60. The second kappa shape index (κ2) is 71.8. The van der Waals surface area contributed by atoms with Gasteiger partial charge in [-0.3, -0.25) is 14.4 Å². The Morgan fingerprint density at radius 2 is 0.470 bits per heavy atom. The smallest absolute Gasteiger partial charge is 0.306 e. The minimum absolute atomic E-state index is 0.0719. The fourth-order valence-electron chi connectivity index (χ4n) is 11.3. The maximum absolute atomic E-state index is 13.0. The molecule has 0 amide bonds. The first-order chi connectivity index (χ1) is 41.0. The summed E-state index contributed by atoms with van der Waals surface area (Å²) in [4.78, 5) is 38.5. The van der Waals surface area contributed by atoms with Crippen LogP contribution < -0.4 is 0 Å². The van der Waals surface area contributed by atoms with E-state index in [0.29, 0.717) is 19.3 Å². The number of ether oxygens (including phenoxy) is 3. The third kappa shape index (κ3) is 70.0. The average molecular weight is 1160 g/mol. The molecule has 0 aromatic rings. The Bertz CT molecular complexity index is 1430. The summed E-state index contributed by atoms with van der Waals surface area (Å²) in [6.07, 6.45) is 91.5. The minimum Gasteiger partial charge on any atom is -0.462 e. The van der Waals surface area contributed by atoms with Crippen LogP contribution in [0.15, 0.2) is 48.6 Å². The number of hydrogen-bond acceptors (Lipinski definition) is 6. The Kier molecular flexibility index (Phi) is 69.6. The number of carbonyl (C=O) groups is 3. The first kappa shape index (κ1) is 80.4. The summed E-state index contributed by atoms with van der Waals surface area (Å²) in [5.74, 6) is -0.854. The van der Waals surface area contributed by atoms with E-state index in [0.717, 1.165) is 89.9 Å². The van der Waals surface area contributed by atoms with E-state index in [-0.39, 0.29) is 31.1 Å². The van der Waals surface area contributed by atoms with E-state index in [2.05, 4.69) is 69.4 Å². The summed E-state index contributed by atoms with van der Waals surface area (Å²) in [5, 5.41) is 0. The van der Waals surface area contributed by atoms with Crippen LogP contribution in [0.3, 0.4) is 0 Å². The van der Waals surface area contributed by atoms with Crippen molar-refractivity contribution in [2.75, 3.05) is 13.2 Å². The van der Waals surface area contributed by atoms with Gasteiger partial charge < -0.3 is 14.2 Å². The number of allylic oxidation sites excluding steroid dienone is 8. The molecule has 0 aromatic heterocycles. The maximum atomic E-state index is 13.0. The summed E-state index contributed by atoms with van der Waals surface area (Å²) >= 11 is 0. The number of unbranched alkanes of at least 4 members (excludes halogenated alkanes) is 50. The lowest BCUT2D eigenvalue weighted by molar-refractivity contribution is -0.167.